The fourth-order valence-corrected chi connectivity index (χ4v) is 2.00. The lowest BCUT2D eigenvalue weighted by molar-refractivity contribution is 0.0938. The summed E-state index contributed by atoms with van der Waals surface area (Å²) in [4.78, 5) is 11.8. The molecule has 1 aromatic carbocycles. The van der Waals surface area contributed by atoms with Crippen LogP contribution in [0.5, 0.6) is 5.75 Å². The minimum absolute atomic E-state index is 0.0112. The normalized spacial score (nSPS) is 10.4. The van der Waals surface area contributed by atoms with Crippen LogP contribution in [-0.2, 0) is 4.74 Å². The molecule has 0 unspecified atom stereocenters. The van der Waals surface area contributed by atoms with E-state index in [1.165, 1.54) is 6.07 Å². The van der Waals surface area contributed by atoms with Crippen molar-refractivity contribution in [1.82, 2.24) is 5.32 Å². The van der Waals surface area contributed by atoms with E-state index in [1.54, 1.807) is 12.1 Å². The molecule has 0 saturated heterocycles. The molecule has 0 radical (unpaired) electrons. The van der Waals surface area contributed by atoms with Crippen LogP contribution in [0.4, 0.5) is 0 Å². The Hall–Kier alpha value is -0.820. The van der Waals surface area contributed by atoms with E-state index in [2.05, 4.69) is 34.8 Å². The van der Waals surface area contributed by atoms with E-state index in [-0.39, 0.29) is 11.7 Å². The second-order valence-electron chi connectivity index (χ2n) is 4.24. The zero-order valence-corrected chi connectivity index (χ0v) is 13.3. The number of nitrogens with one attached hydrogen (secondary N) is 1. The predicted octanol–water partition coefficient (Wildman–Crippen LogP) is 2.93. The number of halogens is 1. The largest absolute Gasteiger partial charge is 0.507 e. The third-order valence-electron chi connectivity index (χ3n) is 2.60. The smallest absolute Gasteiger partial charge is 0.255 e. The van der Waals surface area contributed by atoms with E-state index in [1.807, 2.05) is 0 Å². The number of hydrogen-bond acceptors (Lipinski definition) is 3. The van der Waals surface area contributed by atoms with Crippen LogP contribution in [0.25, 0.3) is 0 Å². The SMILES string of the molecule is CCCCOCCCNC(=O)c1cc(I)ccc1O. The summed E-state index contributed by atoms with van der Waals surface area (Å²) in [5.74, 6) is -0.235. The van der Waals surface area contributed by atoms with Gasteiger partial charge in [-0.25, -0.2) is 0 Å². The van der Waals surface area contributed by atoms with E-state index in [0.717, 1.165) is 29.4 Å². The van der Waals surface area contributed by atoms with E-state index in [9.17, 15) is 9.90 Å². The van der Waals surface area contributed by atoms with Gasteiger partial charge >= 0.3 is 0 Å². The van der Waals surface area contributed by atoms with Gasteiger partial charge in [0.2, 0.25) is 0 Å². The average Bonchev–Trinajstić information content (AvgIpc) is 2.40. The van der Waals surface area contributed by atoms with Gasteiger partial charge in [0.05, 0.1) is 5.56 Å². The van der Waals surface area contributed by atoms with Crippen molar-refractivity contribution in [2.75, 3.05) is 19.8 Å². The Labute approximate surface area is 127 Å². The van der Waals surface area contributed by atoms with Crippen molar-refractivity contribution in [2.45, 2.75) is 26.2 Å². The van der Waals surface area contributed by atoms with Crippen molar-refractivity contribution in [2.24, 2.45) is 0 Å². The first-order chi connectivity index (χ1) is 9.15. The van der Waals surface area contributed by atoms with Gasteiger partial charge in [0.15, 0.2) is 0 Å². The van der Waals surface area contributed by atoms with Crippen LogP contribution in [0.3, 0.4) is 0 Å². The quantitative estimate of drug-likeness (QED) is 0.541. The van der Waals surface area contributed by atoms with Gasteiger partial charge in [-0.1, -0.05) is 13.3 Å². The van der Waals surface area contributed by atoms with Crippen molar-refractivity contribution in [1.29, 1.82) is 0 Å². The summed E-state index contributed by atoms with van der Waals surface area (Å²) in [7, 11) is 0. The van der Waals surface area contributed by atoms with E-state index >= 15 is 0 Å². The Morgan fingerprint density at radius 3 is 2.84 bits per heavy atom. The molecular formula is C14H20INO3. The molecule has 0 saturated carbocycles. The number of rotatable bonds is 8. The highest BCUT2D eigenvalue weighted by atomic mass is 127. The zero-order valence-electron chi connectivity index (χ0n) is 11.1. The first-order valence-electron chi connectivity index (χ1n) is 6.49. The molecule has 1 aromatic rings. The van der Waals surface area contributed by atoms with Crippen molar-refractivity contribution in [3.05, 3.63) is 27.3 Å². The highest BCUT2D eigenvalue weighted by Crippen LogP contribution is 2.19. The summed E-state index contributed by atoms with van der Waals surface area (Å²) in [6, 6.07) is 4.96. The highest BCUT2D eigenvalue weighted by Gasteiger charge is 2.10. The highest BCUT2D eigenvalue weighted by molar-refractivity contribution is 14.1. The third-order valence-corrected chi connectivity index (χ3v) is 3.27. The minimum atomic E-state index is -0.246. The number of amides is 1. The maximum absolute atomic E-state index is 11.8. The van der Waals surface area contributed by atoms with E-state index < -0.39 is 0 Å². The maximum Gasteiger partial charge on any atom is 0.255 e. The molecule has 0 aliphatic rings. The van der Waals surface area contributed by atoms with Gasteiger partial charge in [-0.3, -0.25) is 4.79 Å². The summed E-state index contributed by atoms with van der Waals surface area (Å²) in [5.41, 5.74) is 0.318. The number of unbranched alkanes of at least 4 members (excludes halogenated alkanes) is 1. The van der Waals surface area contributed by atoms with Crippen LogP contribution in [-0.4, -0.2) is 30.8 Å². The van der Waals surface area contributed by atoms with Crippen LogP contribution < -0.4 is 5.32 Å². The lowest BCUT2D eigenvalue weighted by Crippen LogP contribution is -2.25. The molecule has 0 atom stereocenters. The van der Waals surface area contributed by atoms with Crippen molar-refractivity contribution >= 4 is 28.5 Å². The fraction of sp³-hybridized carbons (Fsp3) is 0.500. The molecule has 0 aliphatic carbocycles. The molecule has 0 spiro atoms. The maximum atomic E-state index is 11.8. The molecule has 0 bridgehead atoms. The average molecular weight is 377 g/mol. The Bertz CT molecular complexity index is 410. The Morgan fingerprint density at radius 2 is 2.11 bits per heavy atom. The Morgan fingerprint density at radius 1 is 1.37 bits per heavy atom. The van der Waals surface area contributed by atoms with Crippen LogP contribution >= 0.6 is 22.6 Å². The lowest BCUT2D eigenvalue weighted by atomic mass is 10.2. The number of carbonyl (C=O) groups excluding carboxylic acids is 1. The first kappa shape index (κ1) is 16.2. The second-order valence-corrected chi connectivity index (χ2v) is 5.48. The molecule has 19 heavy (non-hydrogen) atoms. The molecule has 0 aliphatic heterocycles. The van der Waals surface area contributed by atoms with Crippen LogP contribution in [0.2, 0.25) is 0 Å². The molecule has 0 aromatic heterocycles. The fourth-order valence-electron chi connectivity index (χ4n) is 1.51. The molecule has 1 amide bonds. The van der Waals surface area contributed by atoms with Gasteiger partial charge in [-0.05, 0) is 53.6 Å². The first-order valence-corrected chi connectivity index (χ1v) is 7.57. The number of phenolic OH excluding ortho intramolecular Hbond substituents is 1. The van der Waals surface area contributed by atoms with Crippen LogP contribution in [0, 0.1) is 3.57 Å². The van der Waals surface area contributed by atoms with Gasteiger partial charge in [0.1, 0.15) is 5.75 Å². The number of phenols is 1. The molecule has 2 N–H and O–H groups in total. The van der Waals surface area contributed by atoms with Gasteiger partial charge < -0.3 is 15.2 Å². The number of carbonyl (C=O) groups is 1. The zero-order chi connectivity index (χ0) is 14.1. The number of hydrogen-bond donors (Lipinski definition) is 2. The van der Waals surface area contributed by atoms with Crippen molar-refractivity contribution in [3.63, 3.8) is 0 Å². The summed E-state index contributed by atoms with van der Waals surface area (Å²) in [6.45, 7) is 4.11. The second kappa shape index (κ2) is 9.14. The molecule has 0 fully saturated rings. The van der Waals surface area contributed by atoms with Crippen molar-refractivity contribution in [3.8, 4) is 5.75 Å². The summed E-state index contributed by atoms with van der Waals surface area (Å²) >= 11 is 2.11. The lowest BCUT2D eigenvalue weighted by Gasteiger charge is -2.07. The van der Waals surface area contributed by atoms with Crippen LogP contribution in [0.15, 0.2) is 18.2 Å². The summed E-state index contributed by atoms with van der Waals surface area (Å²) < 4.78 is 6.32. The Balaban J connectivity index is 2.26. The minimum Gasteiger partial charge on any atom is -0.507 e. The Kier molecular flexibility index (Phi) is 7.81. The molecule has 1 rings (SSSR count). The third kappa shape index (κ3) is 6.24. The van der Waals surface area contributed by atoms with Gasteiger partial charge in [-0.2, -0.15) is 0 Å². The van der Waals surface area contributed by atoms with E-state index in [0.29, 0.717) is 18.7 Å². The van der Waals surface area contributed by atoms with Gasteiger partial charge in [0.25, 0.3) is 5.91 Å². The van der Waals surface area contributed by atoms with Crippen LogP contribution in [0.1, 0.15) is 36.5 Å². The molecule has 106 valence electrons. The molecular weight excluding hydrogens is 357 g/mol. The molecule has 5 heteroatoms. The summed E-state index contributed by atoms with van der Waals surface area (Å²) in [6.07, 6.45) is 2.98. The monoisotopic (exact) mass is 377 g/mol. The van der Waals surface area contributed by atoms with Gasteiger partial charge in [-0.15, -0.1) is 0 Å². The topological polar surface area (TPSA) is 58.6 Å². The van der Waals surface area contributed by atoms with E-state index in [4.69, 9.17) is 4.74 Å². The molecule has 4 nitrogen and oxygen atoms in total. The standard InChI is InChI=1S/C14H20INO3/c1-2-3-8-19-9-4-7-16-14(18)12-10-11(15)5-6-13(12)17/h5-6,10,17H,2-4,7-9H2,1H3,(H,16,18). The summed E-state index contributed by atoms with van der Waals surface area (Å²) in [5, 5.41) is 12.4. The molecule has 0 heterocycles. The number of ether oxygens (including phenoxy) is 1. The predicted molar refractivity (Wildman–Crippen MR) is 83.5 cm³/mol. The van der Waals surface area contributed by atoms with Gasteiger partial charge in [0, 0.05) is 23.3 Å². The number of benzene rings is 1. The number of aromatic hydroxyl groups is 1. The van der Waals surface area contributed by atoms with Crippen molar-refractivity contribution < 1.29 is 14.6 Å².